The van der Waals surface area contributed by atoms with Crippen molar-refractivity contribution in [1.29, 1.82) is 0 Å². The Kier molecular flexibility index (Phi) is 3.50. The number of anilines is 1. The molecule has 18 heavy (non-hydrogen) atoms. The van der Waals surface area contributed by atoms with Gasteiger partial charge in [-0.25, -0.2) is 0 Å². The van der Waals surface area contributed by atoms with Gasteiger partial charge in [0, 0.05) is 13.1 Å². The van der Waals surface area contributed by atoms with E-state index in [0.29, 0.717) is 25.2 Å². The fraction of sp³-hybridized carbons (Fsp3) is 0.545. The highest BCUT2D eigenvalue weighted by molar-refractivity contribution is 5.99. The van der Waals surface area contributed by atoms with Crippen LogP contribution in [0.1, 0.15) is 29.5 Å². The summed E-state index contributed by atoms with van der Waals surface area (Å²) in [6.45, 7) is 3.12. The third kappa shape index (κ3) is 2.29. The lowest BCUT2D eigenvalue weighted by Gasteiger charge is -2.17. The van der Waals surface area contributed by atoms with Gasteiger partial charge in [-0.1, -0.05) is 6.92 Å². The van der Waals surface area contributed by atoms with Gasteiger partial charge in [-0.05, 0) is 12.8 Å². The average Bonchev–Trinajstić information content (AvgIpc) is 2.58. The minimum atomic E-state index is -0.291. The summed E-state index contributed by atoms with van der Waals surface area (Å²) in [5.74, 6) is -0.439. The Hall–Kier alpha value is -2.05. The molecule has 1 aromatic heterocycles. The number of nitrogens with zero attached hydrogens (tertiary/aromatic N) is 2. The molecule has 4 N–H and O–H groups in total. The van der Waals surface area contributed by atoms with Gasteiger partial charge in [-0.15, -0.1) is 0 Å². The third-order valence-electron chi connectivity index (χ3n) is 2.99. The number of aromatic nitrogens is 2. The molecule has 7 nitrogen and oxygen atoms in total. The average molecular weight is 251 g/mol. The van der Waals surface area contributed by atoms with Crippen LogP contribution in [0.5, 0.6) is 0 Å². The van der Waals surface area contributed by atoms with Crippen LogP contribution in [0.4, 0.5) is 5.69 Å². The van der Waals surface area contributed by atoms with Gasteiger partial charge in [-0.3, -0.25) is 14.7 Å². The van der Waals surface area contributed by atoms with E-state index in [1.807, 2.05) is 6.92 Å². The first-order chi connectivity index (χ1) is 8.63. The van der Waals surface area contributed by atoms with Crippen LogP contribution in [0, 0.1) is 0 Å². The Balaban J connectivity index is 2.19. The van der Waals surface area contributed by atoms with E-state index in [4.69, 9.17) is 5.73 Å². The topological polar surface area (TPSA) is 104 Å². The zero-order valence-corrected chi connectivity index (χ0v) is 10.3. The summed E-state index contributed by atoms with van der Waals surface area (Å²) in [5, 5.41) is 9.41. The van der Waals surface area contributed by atoms with E-state index >= 15 is 0 Å². The van der Waals surface area contributed by atoms with Crippen LogP contribution >= 0.6 is 0 Å². The number of nitrogens with one attached hydrogen (secondary N) is 2. The number of aromatic amines is 1. The van der Waals surface area contributed by atoms with Crippen molar-refractivity contribution in [3.63, 3.8) is 0 Å². The van der Waals surface area contributed by atoms with Crippen molar-refractivity contribution in [2.75, 3.05) is 25.4 Å². The normalized spacial score (nSPS) is 16.3. The lowest BCUT2D eigenvalue weighted by Crippen LogP contribution is -2.37. The van der Waals surface area contributed by atoms with E-state index in [2.05, 4.69) is 15.5 Å². The van der Waals surface area contributed by atoms with Gasteiger partial charge in [0.1, 0.15) is 0 Å². The minimum absolute atomic E-state index is 0.0621. The fourth-order valence-corrected chi connectivity index (χ4v) is 1.95. The van der Waals surface area contributed by atoms with Crippen molar-refractivity contribution >= 4 is 17.5 Å². The zero-order chi connectivity index (χ0) is 13.1. The van der Waals surface area contributed by atoms with Gasteiger partial charge in [0.2, 0.25) is 5.91 Å². The van der Waals surface area contributed by atoms with Gasteiger partial charge in [-0.2, -0.15) is 5.10 Å². The Morgan fingerprint density at radius 1 is 1.56 bits per heavy atom. The zero-order valence-electron chi connectivity index (χ0n) is 10.3. The highest BCUT2D eigenvalue weighted by Gasteiger charge is 2.25. The molecule has 2 heterocycles. The Morgan fingerprint density at radius 3 is 3.00 bits per heavy atom. The summed E-state index contributed by atoms with van der Waals surface area (Å²) in [7, 11) is 0. The molecule has 0 unspecified atom stereocenters. The van der Waals surface area contributed by atoms with Crippen molar-refractivity contribution in [3.8, 4) is 0 Å². The molecule has 0 aromatic carbocycles. The van der Waals surface area contributed by atoms with Crippen molar-refractivity contribution in [2.45, 2.75) is 19.8 Å². The molecule has 0 saturated carbocycles. The summed E-state index contributed by atoms with van der Waals surface area (Å²) in [5.41, 5.74) is 7.19. The van der Waals surface area contributed by atoms with Crippen molar-refractivity contribution < 1.29 is 9.59 Å². The first-order valence-electron chi connectivity index (χ1n) is 6.02. The lowest BCUT2D eigenvalue weighted by atomic mass is 10.2. The van der Waals surface area contributed by atoms with Gasteiger partial charge in [0.15, 0.2) is 5.69 Å². The molecular formula is C11H17N5O2. The molecule has 0 aliphatic carbocycles. The summed E-state index contributed by atoms with van der Waals surface area (Å²) in [6, 6.07) is 0. The van der Waals surface area contributed by atoms with Gasteiger partial charge in [0.05, 0.1) is 17.9 Å². The maximum atomic E-state index is 12.2. The standard InChI is InChI=1S/C11H17N5O2/c1-2-7-9(12)10(15-14-7)11(18)16-5-3-4-13-8(17)6-16/h2-6,12H2,1H3,(H,13,17)(H,14,15). The first-order valence-corrected chi connectivity index (χ1v) is 6.02. The number of aryl methyl sites for hydroxylation is 1. The van der Waals surface area contributed by atoms with Crippen LogP contribution < -0.4 is 11.1 Å². The van der Waals surface area contributed by atoms with Crippen molar-refractivity contribution in [2.24, 2.45) is 0 Å². The molecule has 1 aromatic rings. The number of hydrogen-bond donors (Lipinski definition) is 3. The number of nitrogen functional groups attached to an aromatic ring is 1. The second-order valence-corrected chi connectivity index (χ2v) is 4.25. The molecule has 98 valence electrons. The van der Waals surface area contributed by atoms with E-state index in [1.165, 1.54) is 4.90 Å². The molecule has 0 spiro atoms. The highest BCUT2D eigenvalue weighted by Crippen LogP contribution is 2.16. The second kappa shape index (κ2) is 5.07. The van der Waals surface area contributed by atoms with Crippen LogP contribution in [0.3, 0.4) is 0 Å². The first kappa shape index (κ1) is 12.4. The predicted molar refractivity (Wildman–Crippen MR) is 65.9 cm³/mol. The number of rotatable bonds is 2. The van der Waals surface area contributed by atoms with Gasteiger partial charge in [0.25, 0.3) is 5.91 Å². The molecule has 1 aliphatic heterocycles. The minimum Gasteiger partial charge on any atom is -0.395 e. The summed E-state index contributed by atoms with van der Waals surface area (Å²) in [6.07, 6.45) is 1.43. The number of amides is 2. The second-order valence-electron chi connectivity index (χ2n) is 4.25. The lowest BCUT2D eigenvalue weighted by molar-refractivity contribution is -0.121. The largest absolute Gasteiger partial charge is 0.395 e. The summed E-state index contributed by atoms with van der Waals surface area (Å²) < 4.78 is 0. The van der Waals surface area contributed by atoms with E-state index < -0.39 is 0 Å². The molecule has 0 bridgehead atoms. The van der Waals surface area contributed by atoms with Crippen LogP contribution in [0.15, 0.2) is 0 Å². The SMILES string of the molecule is CCc1[nH]nc(C(=O)N2CCCNC(=O)C2)c1N. The van der Waals surface area contributed by atoms with Crippen LogP contribution in [-0.2, 0) is 11.2 Å². The maximum Gasteiger partial charge on any atom is 0.276 e. The van der Waals surface area contributed by atoms with Crippen LogP contribution in [0.25, 0.3) is 0 Å². The number of carbonyl (C=O) groups excluding carboxylic acids is 2. The molecule has 7 heteroatoms. The Bertz CT molecular complexity index is 468. The Morgan fingerprint density at radius 2 is 2.33 bits per heavy atom. The number of carbonyl (C=O) groups is 2. The summed E-state index contributed by atoms with van der Waals surface area (Å²) >= 11 is 0. The molecular weight excluding hydrogens is 234 g/mol. The van der Waals surface area contributed by atoms with Crippen LogP contribution in [0.2, 0.25) is 0 Å². The van der Waals surface area contributed by atoms with E-state index in [-0.39, 0.29) is 24.1 Å². The highest BCUT2D eigenvalue weighted by atomic mass is 16.2. The van der Waals surface area contributed by atoms with E-state index in [9.17, 15) is 9.59 Å². The quantitative estimate of drug-likeness (QED) is 0.660. The van der Waals surface area contributed by atoms with Crippen molar-refractivity contribution in [3.05, 3.63) is 11.4 Å². The molecule has 2 amide bonds. The monoisotopic (exact) mass is 251 g/mol. The molecule has 1 fully saturated rings. The van der Waals surface area contributed by atoms with E-state index in [0.717, 1.165) is 12.1 Å². The molecule has 0 radical (unpaired) electrons. The molecule has 2 rings (SSSR count). The van der Waals surface area contributed by atoms with Crippen LogP contribution in [-0.4, -0.2) is 46.5 Å². The molecule has 1 saturated heterocycles. The van der Waals surface area contributed by atoms with E-state index in [1.54, 1.807) is 0 Å². The third-order valence-corrected chi connectivity index (χ3v) is 2.99. The number of nitrogens with two attached hydrogens (primary N) is 1. The van der Waals surface area contributed by atoms with Gasteiger partial charge < -0.3 is 16.0 Å². The maximum absolute atomic E-state index is 12.2. The van der Waals surface area contributed by atoms with Gasteiger partial charge >= 0.3 is 0 Å². The summed E-state index contributed by atoms with van der Waals surface area (Å²) in [4.78, 5) is 25.1. The van der Waals surface area contributed by atoms with Crippen molar-refractivity contribution in [1.82, 2.24) is 20.4 Å². The Labute approximate surface area is 105 Å². The fourth-order valence-electron chi connectivity index (χ4n) is 1.95. The molecule has 0 atom stereocenters. The predicted octanol–water partition coefficient (Wildman–Crippen LogP) is -0.484. The smallest absolute Gasteiger partial charge is 0.276 e. The molecule has 1 aliphatic rings. The number of H-pyrrole nitrogens is 1. The number of hydrogen-bond acceptors (Lipinski definition) is 4.